The zero-order valence-corrected chi connectivity index (χ0v) is 15.5. The topological polar surface area (TPSA) is 58.6 Å². The van der Waals surface area contributed by atoms with Crippen LogP contribution in [0.1, 0.15) is 40.5 Å². The zero-order chi connectivity index (χ0) is 18.8. The van der Waals surface area contributed by atoms with E-state index in [0.29, 0.717) is 22.6 Å². The molecule has 1 amide bonds. The van der Waals surface area contributed by atoms with Gasteiger partial charge in [0.15, 0.2) is 5.78 Å². The lowest BCUT2D eigenvalue weighted by atomic mass is 9.96. The van der Waals surface area contributed by atoms with Crippen molar-refractivity contribution in [3.8, 4) is 11.5 Å². The molecule has 0 saturated carbocycles. The number of benzene rings is 2. The number of Topliss-reactive ketones (excluding diaryl/α,β-unsaturated/α-hetero) is 1. The van der Waals surface area contributed by atoms with E-state index >= 15 is 0 Å². The predicted molar refractivity (Wildman–Crippen MR) is 103 cm³/mol. The molecule has 2 aliphatic rings. The van der Waals surface area contributed by atoms with Crippen LogP contribution in [0.3, 0.4) is 0 Å². The molecule has 2 heterocycles. The molecule has 3 atom stereocenters. The molecule has 2 fully saturated rings. The third kappa shape index (κ3) is 4.03. The lowest BCUT2D eigenvalue weighted by molar-refractivity contribution is 0.0909. The van der Waals surface area contributed by atoms with Crippen LogP contribution < -0.4 is 10.1 Å². The highest BCUT2D eigenvalue weighted by Crippen LogP contribution is 2.28. The number of carbonyl (C=O) groups is 2. The fourth-order valence-electron chi connectivity index (χ4n) is 4.08. The van der Waals surface area contributed by atoms with Gasteiger partial charge in [-0.05, 0) is 68.6 Å². The van der Waals surface area contributed by atoms with Crippen molar-refractivity contribution in [2.24, 2.45) is 5.92 Å². The molecule has 140 valence electrons. The molecular formula is C22H24N2O3. The Morgan fingerprint density at radius 2 is 1.85 bits per heavy atom. The van der Waals surface area contributed by atoms with Gasteiger partial charge in [-0.25, -0.2) is 0 Å². The number of amides is 1. The minimum Gasteiger partial charge on any atom is -0.457 e. The van der Waals surface area contributed by atoms with Gasteiger partial charge in [-0.3, -0.25) is 9.59 Å². The lowest BCUT2D eigenvalue weighted by Gasteiger charge is -2.30. The average molecular weight is 364 g/mol. The van der Waals surface area contributed by atoms with E-state index in [-0.39, 0.29) is 17.7 Å². The Labute approximate surface area is 159 Å². The van der Waals surface area contributed by atoms with Crippen LogP contribution in [0.4, 0.5) is 0 Å². The molecule has 2 saturated heterocycles. The number of hydrogen-bond donors (Lipinski definition) is 1. The van der Waals surface area contributed by atoms with Crippen LogP contribution in [-0.4, -0.2) is 42.3 Å². The van der Waals surface area contributed by atoms with Gasteiger partial charge in [0.25, 0.3) is 5.91 Å². The molecule has 2 aromatic rings. The van der Waals surface area contributed by atoms with Gasteiger partial charge in [0, 0.05) is 24.7 Å². The minimum atomic E-state index is -0.0433. The normalized spacial score (nSPS) is 23.7. The smallest absolute Gasteiger partial charge is 0.251 e. The number of ether oxygens (including phenoxy) is 1. The highest BCUT2D eigenvalue weighted by molar-refractivity contribution is 5.97. The highest BCUT2D eigenvalue weighted by Gasteiger charge is 2.32. The third-order valence-corrected chi connectivity index (χ3v) is 5.41. The summed E-state index contributed by atoms with van der Waals surface area (Å²) in [6.45, 7) is 4.81. The van der Waals surface area contributed by atoms with Gasteiger partial charge in [0.05, 0.1) is 5.56 Å². The van der Waals surface area contributed by atoms with Crippen LogP contribution >= 0.6 is 0 Å². The maximum absolute atomic E-state index is 12.5. The Hall–Kier alpha value is -2.66. The van der Waals surface area contributed by atoms with Crippen molar-refractivity contribution >= 4 is 11.7 Å². The zero-order valence-electron chi connectivity index (χ0n) is 15.5. The summed E-state index contributed by atoms with van der Waals surface area (Å²) in [6.07, 6.45) is 2.32. The van der Waals surface area contributed by atoms with Gasteiger partial charge in [-0.2, -0.15) is 0 Å². The first-order valence-electron chi connectivity index (χ1n) is 9.49. The van der Waals surface area contributed by atoms with E-state index in [1.54, 1.807) is 36.4 Å². The second kappa shape index (κ2) is 7.53. The fourth-order valence-corrected chi connectivity index (χ4v) is 4.08. The second-order valence-electron chi connectivity index (χ2n) is 7.50. The van der Waals surface area contributed by atoms with Gasteiger partial charge in [-0.15, -0.1) is 0 Å². The maximum atomic E-state index is 12.5. The molecule has 2 aliphatic heterocycles. The Morgan fingerprint density at radius 1 is 1.07 bits per heavy atom. The van der Waals surface area contributed by atoms with Crippen molar-refractivity contribution in [2.45, 2.75) is 25.8 Å². The van der Waals surface area contributed by atoms with Crippen molar-refractivity contribution in [3.05, 3.63) is 59.7 Å². The largest absolute Gasteiger partial charge is 0.457 e. The Bertz CT molecular complexity index is 835. The monoisotopic (exact) mass is 364 g/mol. The first kappa shape index (κ1) is 17.7. The van der Waals surface area contributed by atoms with Gasteiger partial charge in [-0.1, -0.05) is 12.1 Å². The number of rotatable bonds is 5. The van der Waals surface area contributed by atoms with E-state index in [9.17, 15) is 9.59 Å². The standard InChI is InChI=1S/C22H24N2O3/c1-15(25)20-4-2-3-5-21(20)27-19-8-6-17(7-9-19)22(26)23-18-12-16-10-11-24(13-16)14-18/h2-9,16,18H,10-14H2,1H3,(H,23,26). The Kier molecular flexibility index (Phi) is 4.94. The molecule has 3 unspecified atom stereocenters. The van der Waals surface area contributed by atoms with E-state index in [1.165, 1.54) is 19.9 Å². The SMILES string of the molecule is CC(=O)c1ccccc1Oc1ccc(C(=O)NC2CC3CCN(C3)C2)cc1. The molecule has 0 spiro atoms. The summed E-state index contributed by atoms with van der Waals surface area (Å²) in [5.74, 6) is 1.76. The Balaban J connectivity index is 1.40. The molecule has 4 rings (SSSR count). The van der Waals surface area contributed by atoms with Gasteiger partial charge in [0.1, 0.15) is 11.5 Å². The molecule has 5 nitrogen and oxygen atoms in total. The average Bonchev–Trinajstić information content (AvgIpc) is 3.01. The summed E-state index contributed by atoms with van der Waals surface area (Å²) in [5, 5.41) is 3.16. The highest BCUT2D eigenvalue weighted by atomic mass is 16.5. The van der Waals surface area contributed by atoms with Crippen LogP contribution in [0.2, 0.25) is 0 Å². The Morgan fingerprint density at radius 3 is 2.59 bits per heavy atom. The van der Waals surface area contributed by atoms with Crippen LogP contribution in [0, 0.1) is 5.92 Å². The van der Waals surface area contributed by atoms with E-state index in [2.05, 4.69) is 10.2 Å². The van der Waals surface area contributed by atoms with E-state index in [4.69, 9.17) is 4.74 Å². The maximum Gasteiger partial charge on any atom is 0.251 e. The molecule has 2 aromatic carbocycles. The number of hydrogen-bond acceptors (Lipinski definition) is 4. The van der Waals surface area contributed by atoms with Gasteiger partial charge < -0.3 is 15.0 Å². The fraction of sp³-hybridized carbons (Fsp3) is 0.364. The molecule has 2 bridgehead atoms. The van der Waals surface area contributed by atoms with Crippen molar-refractivity contribution in [3.63, 3.8) is 0 Å². The molecule has 0 aliphatic carbocycles. The summed E-state index contributed by atoms with van der Waals surface area (Å²) in [7, 11) is 0. The number of nitrogens with zero attached hydrogens (tertiary/aromatic N) is 1. The van der Waals surface area contributed by atoms with Crippen molar-refractivity contribution in [1.29, 1.82) is 0 Å². The summed E-state index contributed by atoms with van der Waals surface area (Å²) in [4.78, 5) is 26.7. The number of piperidine rings is 1. The molecule has 0 aromatic heterocycles. The second-order valence-corrected chi connectivity index (χ2v) is 7.50. The van der Waals surface area contributed by atoms with Gasteiger partial charge >= 0.3 is 0 Å². The summed E-state index contributed by atoms with van der Waals surface area (Å²) in [5.41, 5.74) is 1.16. The summed E-state index contributed by atoms with van der Waals surface area (Å²) in [6, 6.07) is 14.4. The number of ketones is 1. The van der Waals surface area contributed by atoms with Crippen molar-refractivity contribution < 1.29 is 14.3 Å². The van der Waals surface area contributed by atoms with E-state index < -0.39 is 0 Å². The minimum absolute atomic E-state index is 0.0428. The van der Waals surface area contributed by atoms with Crippen molar-refractivity contribution in [1.82, 2.24) is 10.2 Å². The number of fused-ring (bicyclic) bond motifs is 2. The molecule has 1 N–H and O–H groups in total. The third-order valence-electron chi connectivity index (χ3n) is 5.41. The molecular weight excluding hydrogens is 340 g/mol. The van der Waals surface area contributed by atoms with Crippen LogP contribution in [0.15, 0.2) is 48.5 Å². The van der Waals surface area contributed by atoms with Crippen LogP contribution in [0.5, 0.6) is 11.5 Å². The summed E-state index contributed by atoms with van der Waals surface area (Å²) < 4.78 is 5.83. The van der Waals surface area contributed by atoms with Crippen LogP contribution in [-0.2, 0) is 0 Å². The number of carbonyl (C=O) groups excluding carboxylic acids is 2. The molecule has 5 heteroatoms. The van der Waals surface area contributed by atoms with E-state index in [1.807, 2.05) is 12.1 Å². The van der Waals surface area contributed by atoms with Crippen LogP contribution in [0.25, 0.3) is 0 Å². The quantitative estimate of drug-likeness (QED) is 0.825. The number of nitrogens with one attached hydrogen (secondary N) is 1. The first-order valence-corrected chi connectivity index (χ1v) is 9.49. The lowest BCUT2D eigenvalue weighted by Crippen LogP contribution is -2.46. The first-order chi connectivity index (χ1) is 13.1. The molecule has 27 heavy (non-hydrogen) atoms. The van der Waals surface area contributed by atoms with Gasteiger partial charge in [0.2, 0.25) is 0 Å². The molecule has 0 radical (unpaired) electrons. The number of para-hydroxylation sites is 1. The predicted octanol–water partition coefficient (Wildman–Crippen LogP) is 3.51. The van der Waals surface area contributed by atoms with Crippen molar-refractivity contribution in [2.75, 3.05) is 19.6 Å². The summed E-state index contributed by atoms with van der Waals surface area (Å²) >= 11 is 0. The van der Waals surface area contributed by atoms with E-state index in [0.717, 1.165) is 25.4 Å².